The average Bonchev–Trinajstić information content (AvgIpc) is 2.97. The molecule has 1 unspecified atom stereocenters. The quantitative estimate of drug-likeness (QED) is 0.242. The van der Waals surface area contributed by atoms with Crippen LogP contribution in [0.25, 0.3) is 5.76 Å². The number of carbonyl (C=O) groups excluding carboxylic acids is 2. The van der Waals surface area contributed by atoms with Gasteiger partial charge in [-0.15, -0.1) is 0 Å². The number of likely N-dealkylation sites (N-methyl/N-ethyl adjacent to an activating group) is 1. The largest absolute Gasteiger partial charge is 0.872 e. The number of Topliss-reactive ketones (excluding diaryl/α,β-unsaturated/α-hetero) is 1. The number of non-ortho nitro benzene ring substituents is 1. The number of ketones is 1. The lowest BCUT2D eigenvalue weighted by Crippen LogP contribution is -3.06. The summed E-state index contributed by atoms with van der Waals surface area (Å²) in [6.45, 7) is 2.74. The van der Waals surface area contributed by atoms with Gasteiger partial charge in [-0.05, 0) is 30.2 Å². The van der Waals surface area contributed by atoms with Crippen molar-refractivity contribution < 1.29 is 24.5 Å². The molecule has 1 fully saturated rings. The summed E-state index contributed by atoms with van der Waals surface area (Å²) in [5.74, 6) is -2.05. The summed E-state index contributed by atoms with van der Waals surface area (Å²) in [5, 5.41) is 24.2. The van der Waals surface area contributed by atoms with E-state index in [0.29, 0.717) is 17.7 Å². The number of likely N-dealkylation sites (tertiary alicyclic amines) is 1. The molecule has 0 aliphatic carbocycles. The number of carbonyl (C=O) groups is 2. The lowest BCUT2D eigenvalue weighted by molar-refractivity contribution is -0.857. The van der Waals surface area contributed by atoms with Gasteiger partial charge in [0.15, 0.2) is 0 Å². The van der Waals surface area contributed by atoms with Gasteiger partial charge in [0, 0.05) is 17.7 Å². The Morgan fingerprint density at radius 3 is 2.20 bits per heavy atom. The number of nitro benzene ring substituents is 1. The second-order valence-electron chi connectivity index (χ2n) is 7.64. The van der Waals surface area contributed by atoms with Gasteiger partial charge in [0.2, 0.25) is 5.78 Å². The molecule has 8 nitrogen and oxygen atoms in total. The van der Waals surface area contributed by atoms with Gasteiger partial charge >= 0.3 is 0 Å². The fourth-order valence-corrected chi connectivity index (χ4v) is 3.43. The van der Waals surface area contributed by atoms with Crippen LogP contribution in [0.2, 0.25) is 0 Å². The highest BCUT2D eigenvalue weighted by molar-refractivity contribution is 6.46. The van der Waals surface area contributed by atoms with Crippen molar-refractivity contribution in [3.05, 3.63) is 80.9 Å². The van der Waals surface area contributed by atoms with Crippen LogP contribution in [-0.4, -0.2) is 48.7 Å². The summed E-state index contributed by atoms with van der Waals surface area (Å²) in [4.78, 5) is 38.5. The Balaban J connectivity index is 2.13. The van der Waals surface area contributed by atoms with Gasteiger partial charge in [0.1, 0.15) is 0 Å². The van der Waals surface area contributed by atoms with Crippen molar-refractivity contribution >= 4 is 23.1 Å². The highest BCUT2D eigenvalue weighted by Gasteiger charge is 2.44. The predicted octanol–water partition coefficient (Wildman–Crippen LogP) is 0.272. The number of hydrogen-bond acceptors (Lipinski definition) is 5. The van der Waals surface area contributed by atoms with E-state index in [1.165, 1.54) is 29.2 Å². The minimum atomic E-state index is -0.876. The van der Waals surface area contributed by atoms with Crippen molar-refractivity contribution in [2.45, 2.75) is 13.0 Å². The minimum absolute atomic E-state index is 0.106. The molecule has 0 saturated carbocycles. The van der Waals surface area contributed by atoms with E-state index in [0.717, 1.165) is 10.5 Å². The van der Waals surface area contributed by atoms with Crippen LogP contribution < -0.4 is 10.0 Å². The van der Waals surface area contributed by atoms with Crippen LogP contribution in [0.3, 0.4) is 0 Å². The summed E-state index contributed by atoms with van der Waals surface area (Å²) in [5.41, 5.74) is 1.55. The van der Waals surface area contributed by atoms with E-state index in [9.17, 15) is 24.8 Å². The Kier molecular flexibility index (Phi) is 5.98. The van der Waals surface area contributed by atoms with Crippen LogP contribution in [0.5, 0.6) is 0 Å². The van der Waals surface area contributed by atoms with Crippen molar-refractivity contribution in [1.82, 2.24) is 4.90 Å². The van der Waals surface area contributed by atoms with E-state index in [1.807, 2.05) is 21.0 Å². The van der Waals surface area contributed by atoms with E-state index in [1.54, 1.807) is 24.3 Å². The molecule has 8 heteroatoms. The molecule has 1 atom stereocenters. The zero-order valence-electron chi connectivity index (χ0n) is 17.0. The summed E-state index contributed by atoms with van der Waals surface area (Å²) in [7, 11) is 3.84. The molecule has 1 heterocycles. The first kappa shape index (κ1) is 21.2. The van der Waals surface area contributed by atoms with Gasteiger partial charge in [-0.1, -0.05) is 35.6 Å². The molecule has 2 aromatic rings. The van der Waals surface area contributed by atoms with Crippen molar-refractivity contribution in [3.63, 3.8) is 0 Å². The van der Waals surface area contributed by atoms with Crippen LogP contribution >= 0.6 is 0 Å². The van der Waals surface area contributed by atoms with E-state index in [-0.39, 0.29) is 17.8 Å². The average molecular weight is 409 g/mol. The molecule has 30 heavy (non-hydrogen) atoms. The molecule has 1 aliphatic heterocycles. The molecule has 2 aromatic carbocycles. The van der Waals surface area contributed by atoms with Crippen molar-refractivity contribution in [3.8, 4) is 0 Å². The number of aryl methyl sites for hydroxylation is 1. The molecular formula is C22H23N3O5. The van der Waals surface area contributed by atoms with E-state index < -0.39 is 28.4 Å². The minimum Gasteiger partial charge on any atom is -0.872 e. The number of amides is 1. The van der Waals surface area contributed by atoms with Gasteiger partial charge < -0.3 is 14.9 Å². The Bertz CT molecular complexity index is 1010. The highest BCUT2D eigenvalue weighted by Crippen LogP contribution is 2.38. The SMILES string of the molecule is Cc1ccc(/C([O-])=C2\C(=O)C(=O)N(CC[NH+](C)C)C2c2ccc([N+](=O)[O-])cc2)cc1. The van der Waals surface area contributed by atoms with Crippen molar-refractivity contribution in [2.24, 2.45) is 0 Å². The first-order valence-corrected chi connectivity index (χ1v) is 9.57. The third-order valence-electron chi connectivity index (χ3n) is 5.12. The maximum absolute atomic E-state index is 13.2. The third kappa shape index (κ3) is 4.08. The summed E-state index contributed by atoms with van der Waals surface area (Å²) < 4.78 is 0. The summed E-state index contributed by atoms with van der Waals surface area (Å²) in [6, 6.07) is 11.5. The lowest BCUT2D eigenvalue weighted by Gasteiger charge is -2.27. The zero-order valence-corrected chi connectivity index (χ0v) is 17.0. The van der Waals surface area contributed by atoms with Gasteiger partial charge in [-0.2, -0.15) is 0 Å². The molecule has 3 rings (SSSR count). The van der Waals surface area contributed by atoms with Crippen LogP contribution in [-0.2, 0) is 9.59 Å². The van der Waals surface area contributed by atoms with Gasteiger partial charge in [0.25, 0.3) is 11.6 Å². The summed E-state index contributed by atoms with van der Waals surface area (Å²) >= 11 is 0. The summed E-state index contributed by atoms with van der Waals surface area (Å²) in [6.07, 6.45) is 0. The molecule has 0 radical (unpaired) electrons. The predicted molar refractivity (Wildman–Crippen MR) is 108 cm³/mol. The Hall–Kier alpha value is -3.52. The molecule has 0 bridgehead atoms. The van der Waals surface area contributed by atoms with Gasteiger partial charge in [-0.3, -0.25) is 19.7 Å². The molecule has 1 N–H and O–H groups in total. The normalized spacial score (nSPS) is 18.3. The second-order valence-corrected chi connectivity index (χ2v) is 7.64. The van der Waals surface area contributed by atoms with E-state index in [2.05, 4.69) is 0 Å². The standard InChI is InChI=1S/C22H23N3O5/c1-14-4-6-16(7-5-14)20(26)18-19(15-8-10-17(11-9-15)25(29)30)24(13-12-23(2)3)22(28)21(18)27/h4-11,19,26H,12-13H2,1-3H3/b20-18+. The third-order valence-corrected chi connectivity index (χ3v) is 5.12. The maximum atomic E-state index is 13.2. The van der Waals surface area contributed by atoms with Crippen LogP contribution in [0.1, 0.15) is 22.7 Å². The van der Waals surface area contributed by atoms with Crippen molar-refractivity contribution in [1.29, 1.82) is 0 Å². The topological polar surface area (TPSA) is 108 Å². The van der Waals surface area contributed by atoms with Crippen molar-refractivity contribution in [2.75, 3.05) is 27.2 Å². The van der Waals surface area contributed by atoms with Gasteiger partial charge in [0.05, 0.1) is 38.2 Å². The number of quaternary nitrogens is 1. The Morgan fingerprint density at radius 2 is 1.67 bits per heavy atom. The Labute approximate surface area is 174 Å². The number of nitro groups is 1. The smallest absolute Gasteiger partial charge is 0.295 e. The fourth-order valence-electron chi connectivity index (χ4n) is 3.43. The number of benzene rings is 2. The first-order valence-electron chi connectivity index (χ1n) is 9.57. The lowest BCUT2D eigenvalue weighted by atomic mass is 9.95. The molecule has 1 saturated heterocycles. The van der Waals surface area contributed by atoms with Gasteiger partial charge in [-0.25, -0.2) is 0 Å². The molecule has 156 valence electrons. The molecule has 0 spiro atoms. The highest BCUT2D eigenvalue weighted by atomic mass is 16.6. The fraction of sp³-hybridized carbons (Fsp3) is 0.273. The second kappa shape index (κ2) is 8.46. The Morgan fingerprint density at radius 1 is 1.07 bits per heavy atom. The number of nitrogens with one attached hydrogen (secondary N) is 1. The number of nitrogens with zero attached hydrogens (tertiary/aromatic N) is 2. The molecular weight excluding hydrogens is 386 g/mol. The first-order chi connectivity index (χ1) is 14.2. The molecule has 1 amide bonds. The number of hydrogen-bond donors (Lipinski definition) is 1. The van der Waals surface area contributed by atoms with E-state index >= 15 is 0 Å². The number of rotatable bonds is 6. The van der Waals surface area contributed by atoms with Crippen LogP contribution in [0.15, 0.2) is 54.1 Å². The van der Waals surface area contributed by atoms with E-state index in [4.69, 9.17) is 0 Å². The molecule has 1 aliphatic rings. The molecule has 0 aromatic heterocycles. The zero-order chi connectivity index (χ0) is 22.0. The maximum Gasteiger partial charge on any atom is 0.295 e. The van der Waals surface area contributed by atoms with Crippen LogP contribution in [0.4, 0.5) is 5.69 Å². The van der Waals surface area contributed by atoms with Crippen LogP contribution in [0, 0.1) is 17.0 Å². The monoisotopic (exact) mass is 409 g/mol.